The summed E-state index contributed by atoms with van der Waals surface area (Å²) >= 11 is 0. The number of ether oxygens (including phenoxy) is 1. The number of nitrogens with zero attached hydrogens (tertiary/aromatic N) is 1. The van der Waals surface area contributed by atoms with Crippen LogP contribution in [0.4, 0.5) is 0 Å². The van der Waals surface area contributed by atoms with Crippen LogP contribution in [0.25, 0.3) is 0 Å². The number of nitrogens with one attached hydrogen (secondary N) is 1. The van der Waals surface area contributed by atoms with Gasteiger partial charge in [-0.15, -0.1) is 0 Å². The highest BCUT2D eigenvalue weighted by Gasteiger charge is 2.26. The molecular weight excluding hydrogens is 244 g/mol. The van der Waals surface area contributed by atoms with Crippen LogP contribution in [-0.4, -0.2) is 49.1 Å². The van der Waals surface area contributed by atoms with E-state index in [1.165, 1.54) is 0 Å². The molecular formula is C14H26N2O3. The Morgan fingerprint density at radius 3 is 2.79 bits per heavy atom. The molecule has 1 heterocycles. The van der Waals surface area contributed by atoms with Crippen LogP contribution in [0.5, 0.6) is 0 Å². The molecule has 5 heteroatoms. The number of rotatable bonds is 6. The number of likely N-dealkylation sites (tertiary alicyclic amines) is 1. The lowest BCUT2D eigenvalue weighted by molar-refractivity contribution is -0.149. The van der Waals surface area contributed by atoms with Gasteiger partial charge in [0.05, 0.1) is 12.5 Å². The number of amides is 1. The molecule has 0 saturated carbocycles. The van der Waals surface area contributed by atoms with Gasteiger partial charge in [0.25, 0.3) is 0 Å². The summed E-state index contributed by atoms with van der Waals surface area (Å²) in [6.07, 6.45) is 2.39. The maximum Gasteiger partial charge on any atom is 0.310 e. The van der Waals surface area contributed by atoms with E-state index in [4.69, 9.17) is 4.74 Å². The Bertz CT molecular complexity index is 305. The van der Waals surface area contributed by atoms with Gasteiger partial charge >= 0.3 is 5.97 Å². The molecule has 1 atom stereocenters. The van der Waals surface area contributed by atoms with Gasteiger partial charge in [-0.05, 0) is 40.2 Å². The van der Waals surface area contributed by atoms with Crippen molar-refractivity contribution >= 4 is 11.9 Å². The van der Waals surface area contributed by atoms with Crippen molar-refractivity contribution in [1.29, 1.82) is 0 Å². The summed E-state index contributed by atoms with van der Waals surface area (Å²) in [5, 5.41) is 2.88. The van der Waals surface area contributed by atoms with Crippen molar-refractivity contribution < 1.29 is 14.3 Å². The Morgan fingerprint density at radius 1 is 1.42 bits per heavy atom. The molecule has 0 aromatic rings. The third-order valence-corrected chi connectivity index (χ3v) is 3.23. The quantitative estimate of drug-likeness (QED) is 0.736. The lowest BCUT2D eigenvalue weighted by atomic mass is 9.98. The molecule has 1 N–H and O–H groups in total. The zero-order chi connectivity index (χ0) is 14.3. The van der Waals surface area contributed by atoms with E-state index in [1.54, 1.807) is 0 Å². The van der Waals surface area contributed by atoms with E-state index in [9.17, 15) is 9.59 Å². The van der Waals surface area contributed by atoms with Crippen molar-refractivity contribution in [2.45, 2.75) is 46.1 Å². The maximum absolute atomic E-state index is 11.7. The van der Waals surface area contributed by atoms with Crippen LogP contribution in [0.2, 0.25) is 0 Å². The van der Waals surface area contributed by atoms with E-state index < -0.39 is 0 Å². The van der Waals surface area contributed by atoms with Crippen LogP contribution in [0.15, 0.2) is 0 Å². The number of carbonyl (C=O) groups excluding carboxylic acids is 2. The topological polar surface area (TPSA) is 58.6 Å². The monoisotopic (exact) mass is 270 g/mol. The maximum atomic E-state index is 11.7. The van der Waals surface area contributed by atoms with Gasteiger partial charge in [0.1, 0.15) is 0 Å². The van der Waals surface area contributed by atoms with E-state index in [0.29, 0.717) is 26.1 Å². The summed E-state index contributed by atoms with van der Waals surface area (Å²) in [7, 11) is 0. The zero-order valence-electron chi connectivity index (χ0n) is 12.3. The number of carbonyl (C=O) groups is 2. The molecule has 1 rings (SSSR count). The molecule has 0 spiro atoms. The fraction of sp³-hybridized carbons (Fsp3) is 0.857. The first-order valence-corrected chi connectivity index (χ1v) is 7.21. The minimum Gasteiger partial charge on any atom is -0.466 e. The molecule has 1 saturated heterocycles. The molecule has 0 aliphatic carbocycles. The molecule has 0 radical (unpaired) electrons. The van der Waals surface area contributed by atoms with Gasteiger partial charge in [-0.3, -0.25) is 9.59 Å². The minimum atomic E-state index is -0.0983. The van der Waals surface area contributed by atoms with Crippen molar-refractivity contribution in [3.63, 3.8) is 0 Å². The van der Waals surface area contributed by atoms with Crippen molar-refractivity contribution in [1.82, 2.24) is 10.2 Å². The van der Waals surface area contributed by atoms with E-state index in [-0.39, 0.29) is 23.8 Å². The van der Waals surface area contributed by atoms with Crippen molar-refractivity contribution in [3.05, 3.63) is 0 Å². The molecule has 110 valence electrons. The van der Waals surface area contributed by atoms with Gasteiger partial charge in [-0.1, -0.05) is 0 Å². The van der Waals surface area contributed by atoms with Gasteiger partial charge in [0, 0.05) is 25.6 Å². The summed E-state index contributed by atoms with van der Waals surface area (Å²) in [4.78, 5) is 25.5. The smallest absolute Gasteiger partial charge is 0.310 e. The van der Waals surface area contributed by atoms with Crippen molar-refractivity contribution in [2.24, 2.45) is 5.92 Å². The van der Waals surface area contributed by atoms with Gasteiger partial charge in [-0.2, -0.15) is 0 Å². The Hall–Kier alpha value is -1.10. The highest BCUT2D eigenvalue weighted by Crippen LogP contribution is 2.17. The van der Waals surface area contributed by atoms with Gasteiger partial charge in [-0.25, -0.2) is 0 Å². The SMILES string of the molecule is CCOC(=O)[C@@H]1CCCN(CCC(=O)NC(C)C)C1. The second kappa shape index (κ2) is 8.15. The number of esters is 1. The summed E-state index contributed by atoms with van der Waals surface area (Å²) < 4.78 is 5.06. The highest BCUT2D eigenvalue weighted by atomic mass is 16.5. The molecule has 1 aliphatic rings. The average molecular weight is 270 g/mol. The van der Waals surface area contributed by atoms with Crippen LogP contribution in [-0.2, 0) is 14.3 Å². The normalized spacial score (nSPS) is 20.3. The molecule has 0 aromatic heterocycles. The van der Waals surface area contributed by atoms with Gasteiger partial charge in [0.15, 0.2) is 0 Å². The zero-order valence-corrected chi connectivity index (χ0v) is 12.3. The van der Waals surface area contributed by atoms with Crippen LogP contribution < -0.4 is 5.32 Å². The van der Waals surface area contributed by atoms with Crippen molar-refractivity contribution in [2.75, 3.05) is 26.2 Å². The van der Waals surface area contributed by atoms with E-state index in [0.717, 1.165) is 19.4 Å². The van der Waals surface area contributed by atoms with E-state index >= 15 is 0 Å². The number of hydrogen-bond donors (Lipinski definition) is 1. The van der Waals surface area contributed by atoms with Crippen molar-refractivity contribution in [3.8, 4) is 0 Å². The summed E-state index contributed by atoms with van der Waals surface area (Å²) in [5.41, 5.74) is 0. The average Bonchev–Trinajstić information content (AvgIpc) is 2.36. The highest BCUT2D eigenvalue weighted by molar-refractivity contribution is 5.76. The first kappa shape index (κ1) is 16.0. The molecule has 5 nitrogen and oxygen atoms in total. The minimum absolute atomic E-state index is 0.0261. The molecule has 0 bridgehead atoms. The molecule has 1 amide bonds. The Morgan fingerprint density at radius 2 is 2.16 bits per heavy atom. The summed E-state index contributed by atoms with van der Waals surface area (Å²) in [5.74, 6) is -0.0473. The Balaban J connectivity index is 2.30. The Labute approximate surface area is 115 Å². The number of hydrogen-bond acceptors (Lipinski definition) is 4. The lowest BCUT2D eigenvalue weighted by Gasteiger charge is -2.31. The largest absolute Gasteiger partial charge is 0.466 e. The predicted octanol–water partition coefficient (Wildman–Crippen LogP) is 1.18. The molecule has 1 fully saturated rings. The fourth-order valence-corrected chi connectivity index (χ4v) is 2.36. The van der Waals surface area contributed by atoms with E-state index in [2.05, 4.69) is 10.2 Å². The first-order chi connectivity index (χ1) is 9.02. The second-order valence-corrected chi connectivity index (χ2v) is 5.36. The van der Waals surface area contributed by atoms with Gasteiger partial charge in [0.2, 0.25) is 5.91 Å². The molecule has 1 aliphatic heterocycles. The lowest BCUT2D eigenvalue weighted by Crippen LogP contribution is -2.41. The van der Waals surface area contributed by atoms with Crippen LogP contribution >= 0.6 is 0 Å². The fourth-order valence-electron chi connectivity index (χ4n) is 2.36. The van der Waals surface area contributed by atoms with Crippen LogP contribution in [0.1, 0.15) is 40.0 Å². The third kappa shape index (κ3) is 6.05. The summed E-state index contributed by atoms with van der Waals surface area (Å²) in [6.45, 7) is 8.57. The molecule has 0 unspecified atom stereocenters. The van der Waals surface area contributed by atoms with E-state index in [1.807, 2.05) is 20.8 Å². The standard InChI is InChI=1S/C14H26N2O3/c1-4-19-14(18)12-6-5-8-16(10-12)9-7-13(17)15-11(2)3/h11-12H,4-10H2,1-3H3,(H,15,17)/t12-/m1/s1. The molecule has 19 heavy (non-hydrogen) atoms. The molecule has 0 aromatic carbocycles. The van der Waals surface area contributed by atoms with Gasteiger partial charge < -0.3 is 15.0 Å². The first-order valence-electron chi connectivity index (χ1n) is 7.21. The third-order valence-electron chi connectivity index (χ3n) is 3.23. The van der Waals surface area contributed by atoms with Crippen LogP contribution in [0.3, 0.4) is 0 Å². The summed E-state index contributed by atoms with van der Waals surface area (Å²) in [6, 6.07) is 0.182. The van der Waals surface area contributed by atoms with Crippen LogP contribution in [0, 0.1) is 5.92 Å². The predicted molar refractivity (Wildman–Crippen MR) is 73.7 cm³/mol. The second-order valence-electron chi connectivity index (χ2n) is 5.36. The number of piperidine rings is 1. The Kier molecular flexibility index (Phi) is 6.84.